The largest absolute Gasteiger partial charge is 0.383 e. The third-order valence-electron chi connectivity index (χ3n) is 3.02. The molecule has 0 aromatic carbocycles. The van der Waals surface area contributed by atoms with Gasteiger partial charge in [0.15, 0.2) is 0 Å². The monoisotopic (exact) mass is 344 g/mol. The van der Waals surface area contributed by atoms with Gasteiger partial charge in [-0.15, -0.1) is 0 Å². The molecule has 1 N–H and O–H groups in total. The molecule has 0 amide bonds. The molecular formula is C14H25BrN4O. The molecule has 20 heavy (non-hydrogen) atoms. The zero-order valence-corrected chi connectivity index (χ0v) is 14.4. The summed E-state index contributed by atoms with van der Waals surface area (Å²) in [7, 11) is 3.95. The highest BCUT2D eigenvalue weighted by Gasteiger charge is 2.08. The van der Waals surface area contributed by atoms with E-state index in [1.807, 2.05) is 19.0 Å². The van der Waals surface area contributed by atoms with Gasteiger partial charge in [-0.3, -0.25) is 4.79 Å². The van der Waals surface area contributed by atoms with Gasteiger partial charge >= 0.3 is 0 Å². The van der Waals surface area contributed by atoms with Crippen LogP contribution in [-0.4, -0.2) is 41.9 Å². The van der Waals surface area contributed by atoms with E-state index < -0.39 is 0 Å². The van der Waals surface area contributed by atoms with Crippen LogP contribution in [0, 0.1) is 5.92 Å². The molecule has 0 saturated heterocycles. The number of hydrogen-bond acceptors (Lipinski definition) is 4. The van der Waals surface area contributed by atoms with Gasteiger partial charge in [-0.2, -0.15) is 5.10 Å². The Morgan fingerprint density at radius 1 is 1.45 bits per heavy atom. The molecule has 1 aromatic heterocycles. The molecule has 114 valence electrons. The summed E-state index contributed by atoms with van der Waals surface area (Å²) in [5.74, 6) is 0.706. The van der Waals surface area contributed by atoms with Crippen molar-refractivity contribution in [1.82, 2.24) is 14.7 Å². The highest BCUT2D eigenvalue weighted by Crippen LogP contribution is 2.16. The van der Waals surface area contributed by atoms with E-state index in [0.29, 0.717) is 16.9 Å². The minimum absolute atomic E-state index is 0.0827. The predicted molar refractivity (Wildman–Crippen MR) is 87.3 cm³/mol. The van der Waals surface area contributed by atoms with Gasteiger partial charge in [-0.1, -0.05) is 13.8 Å². The lowest BCUT2D eigenvalue weighted by molar-refractivity contribution is 0.367. The first-order valence-electron chi connectivity index (χ1n) is 7.06. The van der Waals surface area contributed by atoms with Crippen LogP contribution in [0.4, 0.5) is 5.69 Å². The molecule has 1 rings (SSSR count). The van der Waals surface area contributed by atoms with Crippen LogP contribution in [-0.2, 0) is 6.54 Å². The number of hydrogen-bond donors (Lipinski definition) is 1. The number of nitrogens with one attached hydrogen (secondary N) is 1. The van der Waals surface area contributed by atoms with Gasteiger partial charge in [0.05, 0.1) is 18.4 Å². The first kappa shape index (κ1) is 17.2. The molecule has 0 bridgehead atoms. The third-order valence-corrected chi connectivity index (χ3v) is 3.78. The lowest BCUT2D eigenvalue weighted by Crippen LogP contribution is -2.29. The van der Waals surface area contributed by atoms with Crippen LogP contribution in [0.25, 0.3) is 0 Å². The Morgan fingerprint density at radius 2 is 2.15 bits per heavy atom. The van der Waals surface area contributed by atoms with Crippen molar-refractivity contribution in [3.8, 4) is 0 Å². The fraction of sp³-hybridized carbons (Fsp3) is 0.714. The normalized spacial score (nSPS) is 11.3. The van der Waals surface area contributed by atoms with E-state index in [9.17, 15) is 4.79 Å². The Labute approximate surface area is 129 Å². The first-order chi connectivity index (χ1) is 9.41. The Kier molecular flexibility index (Phi) is 7.23. The maximum atomic E-state index is 12.1. The zero-order valence-electron chi connectivity index (χ0n) is 12.8. The van der Waals surface area contributed by atoms with Gasteiger partial charge in [-0.05, 0) is 48.8 Å². The van der Waals surface area contributed by atoms with Gasteiger partial charge in [0.25, 0.3) is 5.56 Å². The lowest BCUT2D eigenvalue weighted by atomic mass is 10.1. The molecule has 1 heterocycles. The molecule has 0 aliphatic heterocycles. The molecular weight excluding hydrogens is 320 g/mol. The third kappa shape index (κ3) is 5.63. The van der Waals surface area contributed by atoms with Gasteiger partial charge < -0.3 is 10.2 Å². The Morgan fingerprint density at radius 3 is 2.75 bits per heavy atom. The lowest BCUT2D eigenvalue weighted by Gasteiger charge is -2.13. The van der Waals surface area contributed by atoms with Crippen molar-refractivity contribution in [3.63, 3.8) is 0 Å². The molecule has 0 atom stereocenters. The van der Waals surface area contributed by atoms with Crippen molar-refractivity contribution in [1.29, 1.82) is 0 Å². The number of likely N-dealkylation sites (N-methyl/N-ethyl adjacent to an activating group) is 1. The molecule has 0 saturated carbocycles. The predicted octanol–water partition coefficient (Wildman–Crippen LogP) is 2.42. The van der Waals surface area contributed by atoms with E-state index in [2.05, 4.69) is 40.2 Å². The number of rotatable bonds is 8. The second-order valence-corrected chi connectivity index (χ2v) is 6.46. The maximum absolute atomic E-state index is 12.1. The Hall–Kier alpha value is -0.880. The number of anilines is 1. The van der Waals surface area contributed by atoms with Crippen molar-refractivity contribution in [2.24, 2.45) is 5.92 Å². The van der Waals surface area contributed by atoms with Crippen LogP contribution in [0.3, 0.4) is 0 Å². The molecule has 5 nitrogen and oxygen atoms in total. The zero-order chi connectivity index (χ0) is 15.1. The summed E-state index contributed by atoms with van der Waals surface area (Å²) in [5.41, 5.74) is 0.695. The molecule has 1 aromatic rings. The topological polar surface area (TPSA) is 50.2 Å². The van der Waals surface area contributed by atoms with Gasteiger partial charge in [-0.25, -0.2) is 4.68 Å². The van der Waals surface area contributed by atoms with Crippen molar-refractivity contribution in [2.45, 2.75) is 33.2 Å². The second-order valence-electron chi connectivity index (χ2n) is 5.67. The summed E-state index contributed by atoms with van der Waals surface area (Å²) >= 11 is 3.37. The van der Waals surface area contributed by atoms with Crippen molar-refractivity contribution >= 4 is 21.6 Å². The SMILES string of the molecule is CC(C)CCCNc1cnn(CCN(C)C)c(=O)c1Br. The summed E-state index contributed by atoms with van der Waals surface area (Å²) in [6, 6.07) is 0. The van der Waals surface area contributed by atoms with Crippen LogP contribution >= 0.6 is 15.9 Å². The van der Waals surface area contributed by atoms with Crippen LogP contribution in [0.1, 0.15) is 26.7 Å². The van der Waals surface area contributed by atoms with Gasteiger partial charge in [0.1, 0.15) is 4.47 Å². The van der Waals surface area contributed by atoms with Crippen LogP contribution in [0.5, 0.6) is 0 Å². The van der Waals surface area contributed by atoms with E-state index in [0.717, 1.165) is 25.2 Å². The average molecular weight is 345 g/mol. The molecule has 0 fully saturated rings. The first-order valence-corrected chi connectivity index (χ1v) is 7.85. The molecule has 6 heteroatoms. The minimum Gasteiger partial charge on any atom is -0.383 e. The van der Waals surface area contributed by atoms with E-state index in [1.54, 1.807) is 6.20 Å². The average Bonchev–Trinajstić information content (AvgIpc) is 2.37. The van der Waals surface area contributed by atoms with Gasteiger partial charge in [0, 0.05) is 13.1 Å². The highest BCUT2D eigenvalue weighted by atomic mass is 79.9. The summed E-state index contributed by atoms with van der Waals surface area (Å²) in [5, 5.41) is 7.48. The summed E-state index contributed by atoms with van der Waals surface area (Å²) in [6.07, 6.45) is 3.99. The fourth-order valence-electron chi connectivity index (χ4n) is 1.78. The summed E-state index contributed by atoms with van der Waals surface area (Å²) < 4.78 is 2.06. The van der Waals surface area contributed by atoms with Crippen molar-refractivity contribution in [2.75, 3.05) is 32.5 Å². The Bertz CT molecular complexity index is 471. The number of nitrogens with zero attached hydrogens (tertiary/aromatic N) is 3. The van der Waals surface area contributed by atoms with Crippen LogP contribution in [0.2, 0.25) is 0 Å². The molecule has 0 aliphatic carbocycles. The van der Waals surface area contributed by atoms with Crippen molar-refractivity contribution in [3.05, 3.63) is 21.0 Å². The molecule has 0 aliphatic rings. The number of aromatic nitrogens is 2. The van der Waals surface area contributed by atoms with Crippen LogP contribution in [0.15, 0.2) is 15.5 Å². The van der Waals surface area contributed by atoms with Gasteiger partial charge in [0.2, 0.25) is 0 Å². The standard InChI is InChI=1S/C14H25BrN4O/c1-11(2)6-5-7-16-12-10-17-19(9-8-18(3)4)14(20)13(12)15/h10-11,16H,5-9H2,1-4H3. The van der Waals surface area contributed by atoms with E-state index in [4.69, 9.17) is 0 Å². The fourth-order valence-corrected chi connectivity index (χ4v) is 2.22. The molecule has 0 unspecified atom stereocenters. The van der Waals surface area contributed by atoms with E-state index >= 15 is 0 Å². The van der Waals surface area contributed by atoms with Crippen LogP contribution < -0.4 is 10.9 Å². The minimum atomic E-state index is -0.0827. The quantitative estimate of drug-likeness (QED) is 0.735. The maximum Gasteiger partial charge on any atom is 0.283 e. The second kappa shape index (κ2) is 8.42. The number of halogens is 1. The van der Waals surface area contributed by atoms with Crippen molar-refractivity contribution < 1.29 is 0 Å². The molecule has 0 radical (unpaired) electrons. The van der Waals surface area contributed by atoms with E-state index in [1.165, 1.54) is 11.1 Å². The smallest absolute Gasteiger partial charge is 0.283 e. The summed E-state index contributed by atoms with van der Waals surface area (Å²) in [6.45, 7) is 6.67. The van der Waals surface area contributed by atoms with E-state index in [-0.39, 0.29) is 5.56 Å². The Balaban J connectivity index is 2.62. The molecule has 0 spiro atoms. The summed E-state index contributed by atoms with van der Waals surface area (Å²) in [4.78, 5) is 14.2. The highest BCUT2D eigenvalue weighted by molar-refractivity contribution is 9.10.